The summed E-state index contributed by atoms with van der Waals surface area (Å²) in [4.78, 5) is 26.5. The number of carbonyl (C=O) groups excluding carboxylic acids is 1. The molecular formula is C23H27ClN6O2S. The molecule has 2 aromatic heterocycles. The van der Waals surface area contributed by atoms with Crippen LogP contribution in [0.4, 0.5) is 11.5 Å². The highest BCUT2D eigenvalue weighted by Crippen LogP contribution is 2.27. The van der Waals surface area contributed by atoms with Crippen LogP contribution in [0.25, 0.3) is 0 Å². The van der Waals surface area contributed by atoms with Gasteiger partial charge >= 0.3 is 0 Å². The largest absolute Gasteiger partial charge is 0.395 e. The highest BCUT2D eigenvalue weighted by atomic mass is 35.5. The fourth-order valence-electron chi connectivity index (χ4n) is 3.04. The Bertz CT molecular complexity index is 1430. The van der Waals surface area contributed by atoms with Gasteiger partial charge in [0, 0.05) is 50.5 Å². The van der Waals surface area contributed by atoms with Gasteiger partial charge in [0.25, 0.3) is 5.91 Å². The third-order valence-electron chi connectivity index (χ3n) is 4.59. The Kier molecular flexibility index (Phi) is 4.91. The molecule has 1 aromatic carbocycles. The third-order valence-corrected chi connectivity index (χ3v) is 5.90. The molecule has 2 N–H and O–H groups in total. The number of hydrogen-bond donors (Lipinski definition) is 2. The van der Waals surface area contributed by atoms with Gasteiger partial charge in [-0.2, -0.15) is 0 Å². The number of aromatic nitrogens is 3. The van der Waals surface area contributed by atoms with Crippen LogP contribution in [-0.2, 0) is 6.42 Å². The first-order valence-corrected chi connectivity index (χ1v) is 11.2. The third kappa shape index (κ3) is 5.86. The van der Waals surface area contributed by atoms with Crippen molar-refractivity contribution in [2.45, 2.75) is 20.3 Å². The number of hydrogen-bond acceptors (Lipinski definition) is 8. The number of nitrogens with one attached hydrogen (secondary N) is 1. The van der Waals surface area contributed by atoms with Gasteiger partial charge in [-0.15, -0.1) is 11.3 Å². The minimum absolute atomic E-state index is 0.0513. The van der Waals surface area contributed by atoms with Crippen molar-refractivity contribution in [2.75, 3.05) is 49.4 Å². The van der Waals surface area contributed by atoms with Crippen molar-refractivity contribution < 1.29 is 20.9 Å². The molecule has 0 spiro atoms. The minimum atomic E-state index is -3.13. The van der Waals surface area contributed by atoms with Crippen LogP contribution < -0.4 is 10.2 Å². The zero-order chi connectivity index (χ0) is 30.5. The molecule has 3 heterocycles. The molecule has 3 aromatic rings. The summed E-state index contributed by atoms with van der Waals surface area (Å²) in [6.07, 6.45) is 1.44. The predicted octanol–water partition coefficient (Wildman–Crippen LogP) is 3.16. The average Bonchev–Trinajstić information content (AvgIpc) is 3.31. The molecule has 174 valence electrons. The van der Waals surface area contributed by atoms with Crippen LogP contribution in [0.5, 0.6) is 0 Å². The maximum atomic E-state index is 12.8. The number of benzene rings is 1. The normalized spacial score (nSPS) is 24.2. The number of thiazole rings is 1. The number of carbonyl (C=O) groups is 1. The van der Waals surface area contributed by atoms with Crippen molar-refractivity contribution in [1.82, 2.24) is 19.9 Å². The molecule has 0 aliphatic carbocycles. The van der Waals surface area contributed by atoms with Crippen molar-refractivity contribution in [3.05, 3.63) is 62.5 Å². The summed E-state index contributed by atoms with van der Waals surface area (Å²) >= 11 is 7.29. The molecule has 4 rings (SSSR count). The zero-order valence-corrected chi connectivity index (χ0v) is 19.5. The van der Waals surface area contributed by atoms with Crippen molar-refractivity contribution in [3.63, 3.8) is 0 Å². The fourth-order valence-corrected chi connectivity index (χ4v) is 4.14. The molecule has 1 amide bonds. The van der Waals surface area contributed by atoms with Crippen LogP contribution in [-0.4, -0.2) is 70.0 Å². The molecule has 1 saturated heterocycles. The molecule has 1 fully saturated rings. The van der Waals surface area contributed by atoms with Gasteiger partial charge in [-0.25, -0.2) is 15.0 Å². The number of amides is 1. The van der Waals surface area contributed by atoms with Crippen molar-refractivity contribution in [1.29, 1.82) is 0 Å². The molecule has 0 atom stereocenters. The fraction of sp³-hybridized carbons (Fsp3) is 0.391. The Morgan fingerprint density at radius 1 is 1.27 bits per heavy atom. The lowest BCUT2D eigenvalue weighted by molar-refractivity contribution is 0.103. The van der Waals surface area contributed by atoms with Gasteiger partial charge in [-0.1, -0.05) is 23.7 Å². The van der Waals surface area contributed by atoms with E-state index in [1.165, 1.54) is 19.2 Å². The van der Waals surface area contributed by atoms with Crippen molar-refractivity contribution in [2.24, 2.45) is 0 Å². The standard InChI is InChI=1S/C23H27ClN6O2S/c1-15-4-3-5-18(24)22(15)28-23(32)19-14-25-21(33-19)13-17-12-20(27-16(2)26-17)30-8-6-29(7-9-30)10-11-31/h3-5,12,14,31H,6-11,13H2,1-2H3,(H,28,32)/i6D2,7D2,8D2,9D2. The van der Waals surface area contributed by atoms with Gasteiger partial charge < -0.3 is 15.3 Å². The molecule has 33 heavy (non-hydrogen) atoms. The molecule has 0 radical (unpaired) electrons. The van der Waals surface area contributed by atoms with E-state index in [2.05, 4.69) is 20.3 Å². The second-order valence-corrected chi connectivity index (χ2v) is 8.63. The summed E-state index contributed by atoms with van der Waals surface area (Å²) in [5, 5.41) is 13.0. The highest BCUT2D eigenvalue weighted by Gasteiger charge is 2.19. The summed E-state index contributed by atoms with van der Waals surface area (Å²) < 4.78 is 67.8. The average molecular weight is 495 g/mol. The number of anilines is 2. The van der Waals surface area contributed by atoms with Gasteiger partial charge in [0.05, 0.1) is 39.7 Å². The monoisotopic (exact) mass is 494 g/mol. The zero-order valence-electron chi connectivity index (χ0n) is 25.9. The van der Waals surface area contributed by atoms with Gasteiger partial charge in [-0.3, -0.25) is 9.69 Å². The smallest absolute Gasteiger partial charge is 0.267 e. The number of nitrogens with zero attached hydrogens (tertiary/aromatic N) is 5. The first kappa shape index (κ1) is 15.3. The van der Waals surface area contributed by atoms with Gasteiger partial charge in [0.1, 0.15) is 16.5 Å². The number of piperazine rings is 1. The van der Waals surface area contributed by atoms with E-state index in [0.717, 1.165) is 16.9 Å². The van der Waals surface area contributed by atoms with E-state index in [0.29, 0.717) is 30.4 Å². The molecule has 10 heteroatoms. The number of para-hydroxylation sites is 1. The summed E-state index contributed by atoms with van der Waals surface area (Å²) in [7, 11) is 0. The van der Waals surface area contributed by atoms with E-state index in [1.807, 2.05) is 13.0 Å². The molecule has 0 saturated carbocycles. The van der Waals surface area contributed by atoms with Crippen LogP contribution in [0.3, 0.4) is 0 Å². The van der Waals surface area contributed by atoms with Crippen LogP contribution in [0, 0.1) is 13.8 Å². The SMILES string of the molecule is [2H]C1([2H])N(CCO)C([2H])([2H])C([2H])([2H])N(c2cc(Cc3ncc(C(=O)Nc4c(C)cccc4Cl)s3)nc(C)n2)C1([2H])[2H]. The topological polar surface area (TPSA) is 94.5 Å². The van der Waals surface area contributed by atoms with Crippen LogP contribution in [0.15, 0.2) is 30.5 Å². The lowest BCUT2D eigenvalue weighted by Crippen LogP contribution is -2.47. The van der Waals surface area contributed by atoms with E-state index in [-0.39, 0.29) is 23.8 Å². The summed E-state index contributed by atoms with van der Waals surface area (Å²) in [6.45, 7) is -10.5. The summed E-state index contributed by atoms with van der Waals surface area (Å²) in [5.74, 6) is -0.689. The number of halogens is 1. The lowest BCUT2D eigenvalue weighted by Gasteiger charge is -2.35. The lowest BCUT2D eigenvalue weighted by atomic mass is 10.2. The second kappa shape index (κ2) is 10.6. The van der Waals surface area contributed by atoms with Crippen LogP contribution in [0.1, 0.15) is 42.7 Å². The first-order valence-electron chi connectivity index (χ1n) is 14.0. The maximum absolute atomic E-state index is 12.8. The van der Waals surface area contributed by atoms with E-state index >= 15 is 0 Å². The highest BCUT2D eigenvalue weighted by molar-refractivity contribution is 7.13. The Morgan fingerprint density at radius 2 is 2.06 bits per heavy atom. The Hall–Kier alpha value is -2.59. The number of β-amino-alcohol motifs (C(OH)–C–C–N with tert-alkyl or cyclic N) is 1. The van der Waals surface area contributed by atoms with E-state index in [9.17, 15) is 9.90 Å². The molecule has 8 nitrogen and oxygen atoms in total. The van der Waals surface area contributed by atoms with E-state index < -0.39 is 45.0 Å². The molecule has 1 aliphatic rings. The number of aliphatic hydroxyl groups excluding tert-OH is 1. The number of aryl methyl sites for hydroxylation is 2. The van der Waals surface area contributed by atoms with Gasteiger partial charge in [-0.05, 0) is 25.5 Å². The number of rotatable bonds is 7. The van der Waals surface area contributed by atoms with E-state index in [1.54, 1.807) is 12.1 Å². The van der Waals surface area contributed by atoms with Crippen molar-refractivity contribution >= 4 is 40.4 Å². The molecule has 1 aliphatic heterocycles. The second-order valence-electron chi connectivity index (χ2n) is 7.10. The predicted molar refractivity (Wildman–Crippen MR) is 132 cm³/mol. The maximum Gasteiger partial charge on any atom is 0.267 e. The number of aliphatic hydroxyl groups is 1. The van der Waals surface area contributed by atoms with Gasteiger partial charge in [0.2, 0.25) is 0 Å². The minimum Gasteiger partial charge on any atom is -0.395 e. The molecular weight excluding hydrogens is 460 g/mol. The quantitative estimate of drug-likeness (QED) is 0.521. The molecule has 0 bridgehead atoms. The Morgan fingerprint density at radius 3 is 2.79 bits per heavy atom. The van der Waals surface area contributed by atoms with Crippen LogP contribution in [0.2, 0.25) is 5.02 Å². The Balaban J connectivity index is 1.65. The first-order chi connectivity index (χ1) is 18.9. The van der Waals surface area contributed by atoms with E-state index in [4.69, 9.17) is 22.6 Å². The molecule has 0 unspecified atom stereocenters. The summed E-state index contributed by atoms with van der Waals surface area (Å²) in [6, 6.07) is 6.48. The summed E-state index contributed by atoms with van der Waals surface area (Å²) in [5.41, 5.74) is 1.53. The van der Waals surface area contributed by atoms with Crippen LogP contribution >= 0.6 is 22.9 Å². The van der Waals surface area contributed by atoms with Crippen molar-refractivity contribution in [3.8, 4) is 0 Å². The Labute approximate surface area is 213 Å². The van der Waals surface area contributed by atoms with Gasteiger partial charge in [0.15, 0.2) is 0 Å².